The summed E-state index contributed by atoms with van der Waals surface area (Å²) in [5, 5.41) is 20.8. The van der Waals surface area contributed by atoms with Crippen molar-refractivity contribution in [3.63, 3.8) is 0 Å². The summed E-state index contributed by atoms with van der Waals surface area (Å²) < 4.78 is 9.20. The second-order valence-electron chi connectivity index (χ2n) is 9.29. The van der Waals surface area contributed by atoms with Gasteiger partial charge in [0, 0.05) is 31.1 Å². The van der Waals surface area contributed by atoms with Gasteiger partial charge in [-0.05, 0) is 44.0 Å². The Morgan fingerprint density at radius 1 is 1.06 bits per heavy atom. The number of hydrogen-bond acceptors (Lipinski definition) is 10. The summed E-state index contributed by atoms with van der Waals surface area (Å²) in [6.45, 7) is 7.75. The molecule has 1 N–H and O–H groups in total. The molecular weight excluding hydrogens is 458 g/mol. The maximum atomic E-state index is 5.48. The van der Waals surface area contributed by atoms with Crippen molar-refractivity contribution in [1.82, 2.24) is 44.5 Å². The van der Waals surface area contributed by atoms with Crippen LogP contribution in [0, 0.1) is 6.92 Å². The molecule has 0 bridgehead atoms. The number of fused-ring (bicyclic) bond motifs is 1. The number of aryl methyl sites for hydroxylation is 1. The van der Waals surface area contributed by atoms with E-state index in [4.69, 9.17) is 4.52 Å². The minimum Gasteiger partial charge on any atom is -0.351 e. The van der Waals surface area contributed by atoms with Crippen LogP contribution in [0.2, 0.25) is 0 Å². The van der Waals surface area contributed by atoms with Crippen molar-refractivity contribution in [2.24, 2.45) is 0 Å². The van der Waals surface area contributed by atoms with Gasteiger partial charge in [0.15, 0.2) is 17.3 Å². The van der Waals surface area contributed by atoms with E-state index in [1.54, 1.807) is 11.0 Å². The van der Waals surface area contributed by atoms with Crippen molar-refractivity contribution >= 4 is 23.0 Å². The molecule has 6 rings (SSSR count). The Bertz CT molecular complexity index is 1480. The zero-order chi connectivity index (χ0) is 24.6. The van der Waals surface area contributed by atoms with Crippen LogP contribution in [0.4, 0.5) is 17.4 Å². The highest BCUT2D eigenvalue weighted by Crippen LogP contribution is 2.31. The van der Waals surface area contributed by atoms with E-state index in [9.17, 15) is 0 Å². The first-order valence-electron chi connectivity index (χ1n) is 12.1. The monoisotopic (exact) mass is 485 g/mol. The Kier molecular flexibility index (Phi) is 5.55. The molecule has 0 spiro atoms. The molecule has 1 aliphatic rings. The fourth-order valence-corrected chi connectivity index (χ4v) is 4.51. The molecule has 0 saturated carbocycles. The molecule has 12 heteroatoms. The van der Waals surface area contributed by atoms with E-state index in [0.717, 1.165) is 60.3 Å². The van der Waals surface area contributed by atoms with Gasteiger partial charge in [0.25, 0.3) is 0 Å². The predicted molar refractivity (Wildman–Crippen MR) is 133 cm³/mol. The summed E-state index contributed by atoms with van der Waals surface area (Å²) in [5.74, 6) is 2.97. The van der Waals surface area contributed by atoms with E-state index in [2.05, 4.69) is 63.9 Å². The van der Waals surface area contributed by atoms with E-state index >= 15 is 0 Å². The average molecular weight is 486 g/mol. The van der Waals surface area contributed by atoms with E-state index < -0.39 is 0 Å². The largest absolute Gasteiger partial charge is 0.351 e. The van der Waals surface area contributed by atoms with Crippen LogP contribution in [0.3, 0.4) is 0 Å². The van der Waals surface area contributed by atoms with Crippen LogP contribution in [-0.2, 0) is 0 Å². The summed E-state index contributed by atoms with van der Waals surface area (Å²) >= 11 is 0. The Balaban J connectivity index is 1.19. The minimum absolute atomic E-state index is 0.247. The van der Waals surface area contributed by atoms with Crippen molar-refractivity contribution in [3.8, 4) is 5.82 Å². The summed E-state index contributed by atoms with van der Waals surface area (Å²) in [4.78, 5) is 15.3. The van der Waals surface area contributed by atoms with E-state index in [-0.39, 0.29) is 5.92 Å². The fourth-order valence-electron chi connectivity index (χ4n) is 4.51. The van der Waals surface area contributed by atoms with Crippen molar-refractivity contribution in [1.29, 1.82) is 0 Å². The molecule has 0 amide bonds. The molecule has 6 heterocycles. The summed E-state index contributed by atoms with van der Waals surface area (Å²) in [6, 6.07) is 8.51. The Morgan fingerprint density at radius 2 is 1.92 bits per heavy atom. The lowest BCUT2D eigenvalue weighted by Gasteiger charge is -2.29. The molecule has 12 nitrogen and oxygen atoms in total. The molecule has 1 aliphatic heterocycles. The Morgan fingerprint density at radius 3 is 2.64 bits per heavy atom. The molecule has 0 unspecified atom stereocenters. The quantitative estimate of drug-likeness (QED) is 0.380. The summed E-state index contributed by atoms with van der Waals surface area (Å²) in [7, 11) is 0. The number of pyridine rings is 2. The molecule has 0 aliphatic carbocycles. The normalized spacial score (nSPS) is 14.7. The maximum absolute atomic E-state index is 5.48. The second kappa shape index (κ2) is 9.02. The number of rotatable bonds is 6. The highest BCUT2D eigenvalue weighted by atomic mass is 16.5. The first-order valence-corrected chi connectivity index (χ1v) is 12.1. The summed E-state index contributed by atoms with van der Waals surface area (Å²) in [5.41, 5.74) is 3.40. The maximum Gasteiger partial charge on any atom is 0.324 e. The SMILES string of the molecule is Cc1nc(-n2cncn2)ccc1Nc1cccn2c(C3CCN(c4nc(C(C)C)no4)CC3)nnc12. The van der Waals surface area contributed by atoms with Crippen LogP contribution >= 0.6 is 0 Å². The molecule has 0 aromatic carbocycles. The number of piperidine rings is 1. The van der Waals surface area contributed by atoms with E-state index in [1.165, 1.54) is 6.33 Å². The molecule has 1 fully saturated rings. The van der Waals surface area contributed by atoms with Gasteiger partial charge in [0.1, 0.15) is 18.5 Å². The van der Waals surface area contributed by atoms with E-state index in [1.807, 2.05) is 37.4 Å². The van der Waals surface area contributed by atoms with Gasteiger partial charge in [-0.3, -0.25) is 4.40 Å². The lowest BCUT2D eigenvalue weighted by molar-refractivity contribution is 0.384. The van der Waals surface area contributed by atoms with Crippen LogP contribution in [-0.4, -0.2) is 57.6 Å². The predicted octanol–water partition coefficient (Wildman–Crippen LogP) is 3.65. The second-order valence-corrected chi connectivity index (χ2v) is 9.29. The van der Waals surface area contributed by atoms with Gasteiger partial charge in [-0.25, -0.2) is 14.6 Å². The number of anilines is 3. The zero-order valence-corrected chi connectivity index (χ0v) is 20.4. The van der Waals surface area contributed by atoms with Crippen molar-refractivity contribution < 1.29 is 4.52 Å². The first kappa shape index (κ1) is 22.1. The van der Waals surface area contributed by atoms with Gasteiger partial charge in [-0.15, -0.1) is 10.2 Å². The third kappa shape index (κ3) is 4.04. The highest BCUT2D eigenvalue weighted by molar-refractivity contribution is 5.74. The number of aromatic nitrogens is 9. The molecule has 1 saturated heterocycles. The zero-order valence-electron chi connectivity index (χ0n) is 20.4. The van der Waals surface area contributed by atoms with Gasteiger partial charge >= 0.3 is 6.01 Å². The fraction of sp³-hybridized carbons (Fsp3) is 0.375. The molecule has 5 aromatic rings. The van der Waals surface area contributed by atoms with Gasteiger partial charge < -0.3 is 14.7 Å². The molecule has 0 atom stereocenters. The molecule has 5 aromatic heterocycles. The minimum atomic E-state index is 0.247. The lowest BCUT2D eigenvalue weighted by atomic mass is 9.96. The third-order valence-electron chi connectivity index (χ3n) is 6.53. The van der Waals surface area contributed by atoms with Gasteiger partial charge in [-0.2, -0.15) is 10.1 Å². The highest BCUT2D eigenvalue weighted by Gasteiger charge is 2.27. The van der Waals surface area contributed by atoms with Gasteiger partial charge in [0.05, 0.1) is 17.1 Å². The molecule has 36 heavy (non-hydrogen) atoms. The van der Waals surface area contributed by atoms with Gasteiger partial charge in [-0.1, -0.05) is 19.0 Å². The van der Waals surface area contributed by atoms with Crippen LogP contribution in [0.15, 0.2) is 47.6 Å². The summed E-state index contributed by atoms with van der Waals surface area (Å²) in [6.07, 6.45) is 7.01. The lowest BCUT2D eigenvalue weighted by Crippen LogP contribution is -2.33. The average Bonchev–Trinajstić information content (AvgIpc) is 3.66. The van der Waals surface area contributed by atoms with Crippen molar-refractivity contribution in [2.75, 3.05) is 23.3 Å². The molecular formula is C24H27N11O. The van der Waals surface area contributed by atoms with Crippen LogP contribution in [0.5, 0.6) is 0 Å². The Hall–Kier alpha value is -4.35. The first-order chi connectivity index (χ1) is 17.6. The van der Waals surface area contributed by atoms with Crippen LogP contribution in [0.1, 0.15) is 55.9 Å². The van der Waals surface area contributed by atoms with Crippen LogP contribution < -0.4 is 10.2 Å². The standard InChI is InChI=1S/C24H27N11O/c1-15(2)21-29-24(36-32-21)33-11-8-17(9-12-33)22-30-31-23-19(5-4-10-34(22)23)28-18-6-7-20(27-16(18)3)35-14-25-13-26-35/h4-7,10,13-15,17,28H,8-9,11-12H2,1-3H3. The van der Waals surface area contributed by atoms with E-state index in [0.29, 0.717) is 17.8 Å². The third-order valence-corrected chi connectivity index (χ3v) is 6.53. The number of nitrogens with one attached hydrogen (secondary N) is 1. The molecule has 184 valence electrons. The van der Waals surface area contributed by atoms with Gasteiger partial charge in [0.2, 0.25) is 0 Å². The van der Waals surface area contributed by atoms with Crippen molar-refractivity contribution in [3.05, 3.63) is 60.5 Å². The number of nitrogens with zero attached hydrogens (tertiary/aromatic N) is 10. The smallest absolute Gasteiger partial charge is 0.324 e. The topological polar surface area (TPSA) is 128 Å². The Labute approximate surface area is 207 Å². The molecule has 0 radical (unpaired) electrons. The van der Waals surface area contributed by atoms with Crippen LogP contribution in [0.25, 0.3) is 11.5 Å². The number of hydrogen-bond donors (Lipinski definition) is 1. The van der Waals surface area contributed by atoms with Crippen molar-refractivity contribution in [2.45, 2.75) is 45.4 Å².